The largest absolute Gasteiger partial charge is 0.481 e. The first kappa shape index (κ1) is 20.0. The Bertz CT molecular complexity index is 1160. The molecular weight excluding hydrogens is 374 g/mol. The molecule has 1 aliphatic carbocycles. The maximum atomic E-state index is 11.9. The van der Waals surface area contributed by atoms with Crippen LogP contribution in [0.1, 0.15) is 26.0 Å². The van der Waals surface area contributed by atoms with E-state index >= 15 is 0 Å². The lowest BCUT2D eigenvalue weighted by Gasteiger charge is -2.14. The first-order valence-corrected chi connectivity index (χ1v) is 10.6. The smallest absolute Gasteiger partial charge is 0.344 e. The zero-order chi connectivity index (χ0) is 20.9. The first-order valence-electron chi connectivity index (χ1n) is 10.6. The summed E-state index contributed by atoms with van der Waals surface area (Å²) in [5.74, 6) is 0.395. The van der Waals surface area contributed by atoms with E-state index in [9.17, 15) is 4.79 Å². The first-order chi connectivity index (χ1) is 14.7. The van der Waals surface area contributed by atoms with Crippen LogP contribution in [0.25, 0.3) is 21.7 Å². The molecule has 0 N–H and O–H groups in total. The summed E-state index contributed by atoms with van der Waals surface area (Å²) in [4.78, 5) is 11.9. The van der Waals surface area contributed by atoms with Crippen LogP contribution in [0.2, 0.25) is 0 Å². The second-order valence-corrected chi connectivity index (χ2v) is 7.33. The molecule has 1 heterocycles. The van der Waals surface area contributed by atoms with Crippen LogP contribution >= 0.6 is 0 Å². The highest BCUT2D eigenvalue weighted by Gasteiger charge is 2.17. The van der Waals surface area contributed by atoms with Crippen molar-refractivity contribution in [3.63, 3.8) is 0 Å². The van der Waals surface area contributed by atoms with Crippen LogP contribution in [0.3, 0.4) is 0 Å². The molecule has 0 spiro atoms. The topological polar surface area (TPSA) is 40.5 Å². The second-order valence-electron chi connectivity index (χ2n) is 7.33. The summed E-state index contributed by atoms with van der Waals surface area (Å²) in [7, 11) is 0. The van der Waals surface area contributed by atoms with Crippen molar-refractivity contribution in [1.82, 2.24) is 4.57 Å². The number of nitrogens with zero attached hydrogens (tertiary/aromatic N) is 1. The predicted octanol–water partition coefficient (Wildman–Crippen LogP) is 5.74. The van der Waals surface area contributed by atoms with E-state index in [0.29, 0.717) is 6.61 Å². The SMILES string of the molecule is CCOC(=O)COc1c2ccccc2cc2c1cc(CC)n2CC1=CCC=CC=C1. The van der Waals surface area contributed by atoms with E-state index < -0.39 is 0 Å². The van der Waals surface area contributed by atoms with Gasteiger partial charge in [-0.25, -0.2) is 4.79 Å². The van der Waals surface area contributed by atoms with Crippen LogP contribution in [0.15, 0.2) is 72.4 Å². The van der Waals surface area contributed by atoms with Crippen molar-refractivity contribution in [3.8, 4) is 5.75 Å². The number of ether oxygens (including phenoxy) is 2. The molecule has 4 rings (SSSR count). The Labute approximate surface area is 177 Å². The fraction of sp³-hybridized carbons (Fsp3) is 0.269. The van der Waals surface area contributed by atoms with Crippen molar-refractivity contribution >= 4 is 27.6 Å². The molecule has 154 valence electrons. The predicted molar refractivity (Wildman–Crippen MR) is 122 cm³/mol. The van der Waals surface area contributed by atoms with Crippen LogP contribution in [0.4, 0.5) is 0 Å². The summed E-state index contributed by atoms with van der Waals surface area (Å²) in [6.07, 6.45) is 12.6. The molecule has 0 fully saturated rings. The standard InChI is InChI=1S/C26H27NO3/c1-3-21-16-23-24(27(21)17-19-11-7-5-6-8-12-19)15-20-13-9-10-14-22(20)26(23)30-18-25(28)29-4-2/h5-7,9-16H,3-4,8,17-18H2,1-2H3. The zero-order valence-electron chi connectivity index (χ0n) is 17.6. The fourth-order valence-electron chi connectivity index (χ4n) is 3.97. The second kappa shape index (κ2) is 9.04. The highest BCUT2D eigenvalue weighted by Crippen LogP contribution is 2.37. The third-order valence-corrected chi connectivity index (χ3v) is 5.38. The Kier molecular flexibility index (Phi) is 6.03. The van der Waals surface area contributed by atoms with Crippen molar-refractivity contribution in [1.29, 1.82) is 0 Å². The summed E-state index contributed by atoms with van der Waals surface area (Å²) in [5, 5.41) is 3.14. The van der Waals surface area contributed by atoms with Crippen molar-refractivity contribution in [2.45, 2.75) is 33.2 Å². The van der Waals surface area contributed by atoms with Gasteiger partial charge in [0.1, 0.15) is 5.75 Å². The number of benzene rings is 2. The number of rotatable bonds is 7. The molecule has 2 aromatic carbocycles. The van der Waals surface area contributed by atoms with Crippen LogP contribution in [0.5, 0.6) is 5.75 Å². The van der Waals surface area contributed by atoms with Crippen molar-refractivity contribution in [2.75, 3.05) is 13.2 Å². The number of carbonyl (C=O) groups is 1. The van der Waals surface area contributed by atoms with Gasteiger partial charge in [-0.3, -0.25) is 0 Å². The van der Waals surface area contributed by atoms with E-state index in [2.05, 4.69) is 60.1 Å². The molecule has 0 saturated heterocycles. The Morgan fingerprint density at radius 3 is 2.80 bits per heavy atom. The minimum Gasteiger partial charge on any atom is -0.481 e. The van der Waals surface area contributed by atoms with E-state index in [-0.39, 0.29) is 12.6 Å². The summed E-state index contributed by atoms with van der Waals surface area (Å²) in [6, 6.07) is 12.6. The Morgan fingerprint density at radius 2 is 1.97 bits per heavy atom. The third kappa shape index (κ3) is 4.04. The number of aromatic nitrogens is 1. The van der Waals surface area contributed by atoms with Gasteiger partial charge in [-0.15, -0.1) is 0 Å². The maximum Gasteiger partial charge on any atom is 0.344 e. The van der Waals surface area contributed by atoms with Crippen molar-refractivity contribution in [2.24, 2.45) is 0 Å². The van der Waals surface area contributed by atoms with E-state index in [0.717, 1.165) is 46.8 Å². The van der Waals surface area contributed by atoms with Crippen LogP contribution < -0.4 is 4.74 Å². The molecule has 0 radical (unpaired) electrons. The van der Waals surface area contributed by atoms with Crippen LogP contribution in [0, 0.1) is 0 Å². The summed E-state index contributed by atoms with van der Waals surface area (Å²) in [6.45, 7) is 5.03. The molecule has 0 saturated carbocycles. The number of hydrogen-bond acceptors (Lipinski definition) is 3. The molecule has 0 aliphatic heterocycles. The van der Waals surface area contributed by atoms with Gasteiger partial charge in [0.2, 0.25) is 0 Å². The van der Waals surface area contributed by atoms with Crippen LogP contribution in [-0.2, 0) is 22.5 Å². The molecular formula is C26H27NO3. The normalized spacial score (nSPS) is 13.5. The zero-order valence-corrected chi connectivity index (χ0v) is 17.6. The van der Waals surface area contributed by atoms with Crippen molar-refractivity contribution < 1.29 is 14.3 Å². The number of esters is 1. The van der Waals surface area contributed by atoms with Gasteiger partial charge in [0.25, 0.3) is 0 Å². The number of hydrogen-bond donors (Lipinski definition) is 0. The van der Waals surface area contributed by atoms with Gasteiger partial charge in [0.05, 0.1) is 12.1 Å². The van der Waals surface area contributed by atoms with Crippen molar-refractivity contribution in [3.05, 3.63) is 78.0 Å². The van der Waals surface area contributed by atoms with Gasteiger partial charge in [0, 0.05) is 23.0 Å². The quantitative estimate of drug-likeness (QED) is 0.474. The highest BCUT2D eigenvalue weighted by atomic mass is 16.6. The number of fused-ring (bicyclic) bond motifs is 2. The molecule has 1 aliphatic rings. The van der Waals surface area contributed by atoms with Gasteiger partial charge in [0.15, 0.2) is 6.61 Å². The number of allylic oxidation sites excluding steroid dienone is 6. The Hall–Kier alpha value is -3.27. The molecule has 0 bridgehead atoms. The minimum atomic E-state index is -0.352. The Morgan fingerprint density at radius 1 is 1.10 bits per heavy atom. The molecule has 0 amide bonds. The van der Waals surface area contributed by atoms with Gasteiger partial charge >= 0.3 is 5.97 Å². The Balaban J connectivity index is 1.83. The van der Waals surface area contributed by atoms with E-state index in [1.54, 1.807) is 6.92 Å². The molecule has 4 heteroatoms. The average molecular weight is 402 g/mol. The lowest BCUT2D eigenvalue weighted by Crippen LogP contribution is -2.14. The van der Waals surface area contributed by atoms with E-state index in [1.165, 1.54) is 11.3 Å². The van der Waals surface area contributed by atoms with Gasteiger partial charge in [-0.1, -0.05) is 61.6 Å². The third-order valence-electron chi connectivity index (χ3n) is 5.38. The average Bonchev–Trinajstić information content (AvgIpc) is 2.91. The molecule has 30 heavy (non-hydrogen) atoms. The van der Waals surface area contributed by atoms with E-state index in [1.807, 2.05) is 18.2 Å². The van der Waals surface area contributed by atoms with E-state index in [4.69, 9.17) is 9.47 Å². The summed E-state index contributed by atoms with van der Waals surface area (Å²) < 4.78 is 13.5. The molecule has 4 nitrogen and oxygen atoms in total. The summed E-state index contributed by atoms with van der Waals surface area (Å²) >= 11 is 0. The number of carbonyl (C=O) groups excluding carboxylic acids is 1. The maximum absolute atomic E-state index is 11.9. The monoisotopic (exact) mass is 401 g/mol. The van der Waals surface area contributed by atoms with Gasteiger partial charge in [-0.2, -0.15) is 0 Å². The molecule has 0 atom stereocenters. The minimum absolute atomic E-state index is 0.0941. The molecule has 3 aromatic rings. The highest BCUT2D eigenvalue weighted by molar-refractivity contribution is 6.05. The van der Waals surface area contributed by atoms with Gasteiger partial charge in [-0.05, 0) is 42.9 Å². The number of aryl methyl sites for hydroxylation is 1. The fourth-order valence-corrected chi connectivity index (χ4v) is 3.97. The van der Waals surface area contributed by atoms with Gasteiger partial charge < -0.3 is 14.0 Å². The molecule has 1 aromatic heterocycles. The van der Waals surface area contributed by atoms with Crippen LogP contribution in [-0.4, -0.2) is 23.8 Å². The molecule has 0 unspecified atom stereocenters. The lowest BCUT2D eigenvalue weighted by atomic mass is 10.1. The lowest BCUT2D eigenvalue weighted by molar-refractivity contribution is -0.145. The summed E-state index contributed by atoms with van der Waals surface area (Å²) in [5.41, 5.74) is 3.65.